The van der Waals surface area contributed by atoms with Crippen LogP contribution in [0, 0.1) is 12.8 Å². The zero-order valence-electron chi connectivity index (χ0n) is 16.9. The van der Waals surface area contributed by atoms with Crippen LogP contribution >= 0.6 is 0 Å². The molecular weight excluding hydrogens is 334 g/mol. The van der Waals surface area contributed by atoms with Gasteiger partial charge in [-0.05, 0) is 49.4 Å². The Hall–Kier alpha value is -2.46. The van der Waals surface area contributed by atoms with Crippen molar-refractivity contribution in [3.05, 3.63) is 71.1 Å². The average molecular weight is 364 g/mol. The fourth-order valence-corrected chi connectivity index (χ4v) is 3.28. The molecule has 0 fully saturated rings. The molecule has 0 radical (unpaired) electrons. The van der Waals surface area contributed by atoms with Crippen molar-refractivity contribution in [3.63, 3.8) is 0 Å². The molecule has 0 amide bonds. The Morgan fingerprint density at radius 3 is 2.37 bits per heavy atom. The van der Waals surface area contributed by atoms with Gasteiger partial charge in [0.2, 0.25) is 11.8 Å². The van der Waals surface area contributed by atoms with E-state index in [-0.39, 0.29) is 12.1 Å². The number of aromatic nitrogens is 2. The number of hydrogen-bond donors (Lipinski definition) is 1. The van der Waals surface area contributed by atoms with Gasteiger partial charge in [0, 0.05) is 11.6 Å². The number of hydrogen-bond acceptors (Lipinski definition) is 4. The van der Waals surface area contributed by atoms with Crippen molar-refractivity contribution < 1.29 is 4.42 Å². The largest absolute Gasteiger partial charge is 0.419 e. The molecule has 3 aromatic rings. The van der Waals surface area contributed by atoms with Gasteiger partial charge in [-0.15, -0.1) is 10.2 Å². The van der Waals surface area contributed by atoms with Gasteiger partial charge in [-0.3, -0.25) is 5.32 Å². The quantitative estimate of drug-likeness (QED) is 0.589. The first-order valence-corrected chi connectivity index (χ1v) is 9.73. The van der Waals surface area contributed by atoms with E-state index in [1.54, 1.807) is 0 Å². The molecule has 0 saturated heterocycles. The summed E-state index contributed by atoms with van der Waals surface area (Å²) in [5, 5.41) is 12.2. The van der Waals surface area contributed by atoms with E-state index in [0.29, 0.717) is 17.7 Å². The first-order valence-electron chi connectivity index (χ1n) is 9.73. The van der Waals surface area contributed by atoms with Crippen LogP contribution in [0.25, 0.3) is 11.5 Å². The van der Waals surface area contributed by atoms with Crippen molar-refractivity contribution in [1.82, 2.24) is 15.5 Å². The van der Waals surface area contributed by atoms with Crippen molar-refractivity contribution >= 4 is 0 Å². The Morgan fingerprint density at radius 2 is 1.74 bits per heavy atom. The van der Waals surface area contributed by atoms with E-state index >= 15 is 0 Å². The number of nitrogens with zero attached hydrogens (tertiary/aromatic N) is 2. The lowest BCUT2D eigenvalue weighted by Gasteiger charge is -2.25. The SMILES string of the molecule is CCc1ccc(C(NC(C)c2nnc(-c3cccc(C)c3)o2)C(C)C)cc1. The lowest BCUT2D eigenvalue weighted by molar-refractivity contribution is 0.335. The number of benzene rings is 2. The van der Waals surface area contributed by atoms with Crippen molar-refractivity contribution in [2.75, 3.05) is 0 Å². The molecule has 0 saturated carbocycles. The van der Waals surface area contributed by atoms with E-state index in [0.717, 1.165) is 12.0 Å². The van der Waals surface area contributed by atoms with Crippen LogP contribution < -0.4 is 5.32 Å². The van der Waals surface area contributed by atoms with Crippen LogP contribution in [0.15, 0.2) is 52.9 Å². The molecule has 0 spiro atoms. The van der Waals surface area contributed by atoms with E-state index in [1.165, 1.54) is 16.7 Å². The van der Waals surface area contributed by atoms with Gasteiger partial charge in [-0.25, -0.2) is 0 Å². The van der Waals surface area contributed by atoms with Crippen LogP contribution in [0.3, 0.4) is 0 Å². The van der Waals surface area contributed by atoms with Crippen LogP contribution in [0.4, 0.5) is 0 Å². The zero-order chi connectivity index (χ0) is 19.4. The van der Waals surface area contributed by atoms with E-state index in [4.69, 9.17) is 4.42 Å². The molecule has 0 aliphatic heterocycles. The lowest BCUT2D eigenvalue weighted by atomic mass is 9.94. The Bertz CT molecular complexity index is 867. The third kappa shape index (κ3) is 4.64. The lowest BCUT2D eigenvalue weighted by Crippen LogP contribution is -2.28. The zero-order valence-corrected chi connectivity index (χ0v) is 16.9. The Balaban J connectivity index is 1.77. The third-order valence-corrected chi connectivity index (χ3v) is 4.92. The molecule has 142 valence electrons. The normalized spacial score (nSPS) is 13.7. The summed E-state index contributed by atoms with van der Waals surface area (Å²) in [5.74, 6) is 1.62. The number of aryl methyl sites for hydroxylation is 2. The molecule has 0 aliphatic rings. The van der Waals surface area contributed by atoms with Crippen molar-refractivity contribution in [2.24, 2.45) is 5.92 Å². The molecule has 4 nitrogen and oxygen atoms in total. The molecule has 2 atom stereocenters. The van der Waals surface area contributed by atoms with Crippen molar-refractivity contribution in [2.45, 2.75) is 53.1 Å². The summed E-state index contributed by atoms with van der Waals surface area (Å²) < 4.78 is 5.95. The maximum Gasteiger partial charge on any atom is 0.247 e. The van der Waals surface area contributed by atoms with Gasteiger partial charge in [0.1, 0.15) is 0 Å². The van der Waals surface area contributed by atoms with Crippen molar-refractivity contribution in [1.29, 1.82) is 0 Å². The van der Waals surface area contributed by atoms with Gasteiger partial charge >= 0.3 is 0 Å². The maximum absolute atomic E-state index is 5.95. The molecule has 0 bridgehead atoms. The fraction of sp³-hybridized carbons (Fsp3) is 0.391. The van der Waals surface area contributed by atoms with Crippen LogP contribution in [0.1, 0.15) is 62.4 Å². The van der Waals surface area contributed by atoms with Gasteiger partial charge < -0.3 is 4.42 Å². The molecule has 1 N–H and O–H groups in total. The second kappa shape index (κ2) is 8.49. The summed E-state index contributed by atoms with van der Waals surface area (Å²) >= 11 is 0. The topological polar surface area (TPSA) is 51.0 Å². The van der Waals surface area contributed by atoms with Gasteiger partial charge in [0.25, 0.3) is 0 Å². The van der Waals surface area contributed by atoms with E-state index in [2.05, 4.69) is 86.5 Å². The van der Waals surface area contributed by atoms with Crippen LogP contribution in [-0.4, -0.2) is 10.2 Å². The molecular formula is C23H29N3O. The Kier molecular flexibility index (Phi) is 6.07. The second-order valence-corrected chi connectivity index (χ2v) is 7.52. The highest BCUT2D eigenvalue weighted by Gasteiger charge is 2.22. The highest BCUT2D eigenvalue weighted by Crippen LogP contribution is 2.27. The molecule has 4 heteroatoms. The maximum atomic E-state index is 5.95. The van der Waals surface area contributed by atoms with Gasteiger partial charge in [0.05, 0.1) is 6.04 Å². The number of rotatable bonds is 7. The molecule has 27 heavy (non-hydrogen) atoms. The van der Waals surface area contributed by atoms with E-state index < -0.39 is 0 Å². The van der Waals surface area contributed by atoms with Crippen LogP contribution in [-0.2, 0) is 6.42 Å². The monoisotopic (exact) mass is 363 g/mol. The van der Waals surface area contributed by atoms with Gasteiger partial charge in [-0.1, -0.05) is 62.7 Å². The molecule has 1 aromatic heterocycles. The Labute approximate surface area is 162 Å². The van der Waals surface area contributed by atoms with Crippen LogP contribution in [0.2, 0.25) is 0 Å². The minimum atomic E-state index is -0.0330. The first-order chi connectivity index (χ1) is 13.0. The first kappa shape index (κ1) is 19.3. The van der Waals surface area contributed by atoms with Crippen molar-refractivity contribution in [3.8, 4) is 11.5 Å². The predicted octanol–water partition coefficient (Wildman–Crippen LogP) is 5.66. The summed E-state index contributed by atoms with van der Waals surface area (Å²) in [6.45, 7) is 10.8. The molecule has 3 rings (SSSR count). The highest BCUT2D eigenvalue weighted by atomic mass is 16.4. The Morgan fingerprint density at radius 1 is 1.00 bits per heavy atom. The summed E-state index contributed by atoms with van der Waals surface area (Å²) in [4.78, 5) is 0. The van der Waals surface area contributed by atoms with Crippen LogP contribution in [0.5, 0.6) is 0 Å². The minimum Gasteiger partial charge on any atom is -0.419 e. The molecule has 2 aromatic carbocycles. The smallest absolute Gasteiger partial charge is 0.247 e. The van der Waals surface area contributed by atoms with Gasteiger partial charge in [0.15, 0.2) is 0 Å². The number of nitrogens with one attached hydrogen (secondary N) is 1. The van der Waals surface area contributed by atoms with E-state index in [9.17, 15) is 0 Å². The predicted molar refractivity (Wildman–Crippen MR) is 109 cm³/mol. The summed E-state index contributed by atoms with van der Waals surface area (Å²) in [6.07, 6.45) is 1.06. The minimum absolute atomic E-state index is 0.0330. The molecule has 2 unspecified atom stereocenters. The second-order valence-electron chi connectivity index (χ2n) is 7.52. The van der Waals surface area contributed by atoms with Gasteiger partial charge in [-0.2, -0.15) is 0 Å². The summed E-state index contributed by atoms with van der Waals surface area (Å²) in [6, 6.07) is 17.2. The molecule has 0 aliphatic carbocycles. The highest BCUT2D eigenvalue weighted by molar-refractivity contribution is 5.53. The summed E-state index contributed by atoms with van der Waals surface area (Å²) in [5.41, 5.74) is 4.77. The average Bonchev–Trinajstić information content (AvgIpc) is 3.16. The summed E-state index contributed by atoms with van der Waals surface area (Å²) in [7, 11) is 0. The van der Waals surface area contributed by atoms with E-state index in [1.807, 2.05) is 12.1 Å². The fourth-order valence-electron chi connectivity index (χ4n) is 3.28. The standard InChI is InChI=1S/C23H29N3O/c1-6-18-10-12-19(13-11-18)21(15(2)3)24-17(5)22-25-26-23(27-22)20-9-7-8-16(4)14-20/h7-15,17,21,24H,6H2,1-5H3. The molecule has 1 heterocycles. The third-order valence-electron chi connectivity index (χ3n) is 4.92.